The third-order valence-electron chi connectivity index (χ3n) is 8.28. The number of nitrogens with zero attached hydrogens (tertiary/aromatic N) is 2. The molecule has 0 N–H and O–H groups in total. The molecule has 0 radical (unpaired) electrons. The van der Waals surface area contributed by atoms with Gasteiger partial charge in [0.05, 0.1) is 0 Å². The van der Waals surface area contributed by atoms with Crippen LogP contribution >= 0.6 is 23.6 Å². The molecule has 0 aromatic rings. The van der Waals surface area contributed by atoms with Crippen LogP contribution in [0.3, 0.4) is 0 Å². The van der Waals surface area contributed by atoms with E-state index in [1.165, 1.54) is 128 Å². The zero-order chi connectivity index (χ0) is 23.1. The molecule has 0 heterocycles. The first-order valence-electron chi connectivity index (χ1n) is 14.4. The number of allylic oxidation sites excluding steroid dienone is 4. The Labute approximate surface area is 236 Å². The molecular formula is C29H49Cl2N2Ti-. The van der Waals surface area contributed by atoms with E-state index in [-0.39, 0.29) is 21.7 Å². The molecule has 0 aromatic heterocycles. The Morgan fingerprint density at radius 1 is 0.500 bits per heavy atom. The van der Waals surface area contributed by atoms with Gasteiger partial charge in [0.15, 0.2) is 0 Å². The zero-order valence-corrected chi connectivity index (χ0v) is 24.6. The summed E-state index contributed by atoms with van der Waals surface area (Å²) in [6.45, 7) is 0. The summed E-state index contributed by atoms with van der Waals surface area (Å²) >= 11 is 12.9. The Bertz CT molecular complexity index is 462. The monoisotopic (exact) mass is 543 g/mol. The minimum Gasteiger partial charge on any atom is -0.273 e. The van der Waals surface area contributed by atoms with E-state index < -0.39 is 0 Å². The molecule has 4 fully saturated rings. The van der Waals surface area contributed by atoms with Gasteiger partial charge in [-0.1, -0.05) is 77.0 Å². The number of rotatable bonds is 4. The Balaban J connectivity index is 0.000000195. The van der Waals surface area contributed by atoms with Crippen LogP contribution in [-0.2, 0) is 21.7 Å². The van der Waals surface area contributed by atoms with E-state index >= 15 is 0 Å². The van der Waals surface area contributed by atoms with Gasteiger partial charge < -0.3 is 0 Å². The van der Waals surface area contributed by atoms with Gasteiger partial charge in [0.1, 0.15) is 0 Å². The molecule has 0 unspecified atom stereocenters. The predicted octanol–water partition coefficient (Wildman–Crippen LogP) is 9.52. The quantitative estimate of drug-likeness (QED) is 0.198. The molecule has 0 amide bonds. The summed E-state index contributed by atoms with van der Waals surface area (Å²) in [6, 6.07) is 2.75. The number of hydrogen-bond donors (Lipinski definition) is 0. The molecule has 5 aliphatic carbocycles. The average Bonchev–Trinajstić information content (AvgIpc) is 3.51. The van der Waals surface area contributed by atoms with Crippen LogP contribution in [-0.4, -0.2) is 33.0 Å². The number of halogens is 2. The van der Waals surface area contributed by atoms with E-state index in [1.807, 2.05) is 12.2 Å². The molecule has 0 atom stereocenters. The van der Waals surface area contributed by atoms with Crippen LogP contribution in [0.15, 0.2) is 18.2 Å². The summed E-state index contributed by atoms with van der Waals surface area (Å²) in [5, 5.41) is 0. The fourth-order valence-corrected chi connectivity index (χ4v) is 7.03. The summed E-state index contributed by atoms with van der Waals surface area (Å²) in [7, 11) is 0. The van der Waals surface area contributed by atoms with Crippen LogP contribution in [0.2, 0.25) is 0 Å². The smallest absolute Gasteiger partial charge is 0.0254 e. The molecule has 0 saturated heterocycles. The molecule has 0 spiro atoms. The van der Waals surface area contributed by atoms with Crippen LogP contribution in [0.1, 0.15) is 135 Å². The van der Waals surface area contributed by atoms with E-state index in [0.717, 1.165) is 6.42 Å². The van der Waals surface area contributed by atoms with Crippen molar-refractivity contribution in [1.29, 1.82) is 0 Å². The fraction of sp³-hybridized carbons (Fsp3) is 0.862. The molecule has 4 saturated carbocycles. The van der Waals surface area contributed by atoms with Crippen molar-refractivity contribution in [3.05, 3.63) is 24.3 Å². The molecule has 34 heavy (non-hydrogen) atoms. The largest absolute Gasteiger partial charge is 0.273 e. The van der Waals surface area contributed by atoms with Crippen LogP contribution in [0.4, 0.5) is 0 Å². The van der Waals surface area contributed by atoms with Crippen molar-refractivity contribution >= 4 is 23.6 Å². The van der Waals surface area contributed by atoms with Crippen molar-refractivity contribution in [2.24, 2.45) is 0 Å². The third-order valence-corrected chi connectivity index (χ3v) is 9.38. The predicted molar refractivity (Wildman–Crippen MR) is 144 cm³/mol. The van der Waals surface area contributed by atoms with Gasteiger partial charge in [-0.15, -0.1) is 6.42 Å². The number of hydrogen-bond acceptors (Lipinski definition) is 2. The van der Waals surface area contributed by atoms with Crippen molar-refractivity contribution in [1.82, 2.24) is 8.84 Å². The first-order valence-corrected chi connectivity index (χ1v) is 15.0. The van der Waals surface area contributed by atoms with Crippen molar-refractivity contribution in [2.45, 2.75) is 159 Å². The summed E-state index contributed by atoms with van der Waals surface area (Å²) in [4.78, 5) is 0. The van der Waals surface area contributed by atoms with Crippen LogP contribution in [0.5, 0.6) is 0 Å². The standard InChI is InChI=1S/2C12H22ClN.C5H5.Ti/c2*13-14(11-7-3-1-4-8-11)12-9-5-2-6-10-12;1-2-4-5-3-1;/h2*11-12H,1-10H2;1-3H,4H2;/q;;-1;. The Morgan fingerprint density at radius 3 is 0.971 bits per heavy atom. The van der Waals surface area contributed by atoms with Gasteiger partial charge in [0.25, 0.3) is 0 Å². The molecule has 0 aliphatic heterocycles. The maximum absolute atomic E-state index is 6.47. The topological polar surface area (TPSA) is 6.48 Å². The Hall–Kier alpha value is 0.694. The molecule has 194 valence electrons. The first-order chi connectivity index (χ1) is 16.3. The average molecular weight is 544 g/mol. The molecule has 5 aliphatic rings. The maximum Gasteiger partial charge on any atom is 0.0254 e. The second kappa shape index (κ2) is 18.9. The van der Waals surface area contributed by atoms with E-state index in [0.29, 0.717) is 24.2 Å². The van der Waals surface area contributed by atoms with E-state index in [4.69, 9.17) is 23.6 Å². The van der Waals surface area contributed by atoms with Crippen LogP contribution in [0, 0.1) is 6.08 Å². The second-order valence-electron chi connectivity index (χ2n) is 10.9. The summed E-state index contributed by atoms with van der Waals surface area (Å²) in [6.07, 6.45) is 37.5. The van der Waals surface area contributed by atoms with Crippen LogP contribution < -0.4 is 0 Å². The minimum atomic E-state index is 0. The van der Waals surface area contributed by atoms with Crippen molar-refractivity contribution < 1.29 is 21.7 Å². The summed E-state index contributed by atoms with van der Waals surface area (Å²) < 4.78 is 4.39. The van der Waals surface area contributed by atoms with Crippen molar-refractivity contribution in [3.8, 4) is 0 Å². The summed E-state index contributed by atoms with van der Waals surface area (Å²) in [5.41, 5.74) is 0. The molecule has 0 bridgehead atoms. The maximum atomic E-state index is 6.47. The molecule has 5 heteroatoms. The third kappa shape index (κ3) is 11.4. The van der Waals surface area contributed by atoms with Crippen molar-refractivity contribution in [3.63, 3.8) is 0 Å². The van der Waals surface area contributed by atoms with E-state index in [2.05, 4.69) is 21.0 Å². The first kappa shape index (κ1) is 30.9. The molecule has 2 nitrogen and oxygen atoms in total. The van der Waals surface area contributed by atoms with Gasteiger partial charge in [0.2, 0.25) is 0 Å². The summed E-state index contributed by atoms with van der Waals surface area (Å²) in [5.74, 6) is 0. The van der Waals surface area contributed by atoms with Gasteiger partial charge in [-0.3, -0.25) is 6.08 Å². The minimum absolute atomic E-state index is 0. The van der Waals surface area contributed by atoms with Gasteiger partial charge in [-0.2, -0.15) is 6.08 Å². The Kier molecular flexibility index (Phi) is 17.2. The second-order valence-corrected chi connectivity index (χ2v) is 11.6. The van der Waals surface area contributed by atoms with Gasteiger partial charge >= 0.3 is 0 Å². The molecule has 5 rings (SSSR count). The molecule has 0 aromatic carbocycles. The van der Waals surface area contributed by atoms with Gasteiger partial charge in [0, 0.05) is 45.9 Å². The fourth-order valence-electron chi connectivity index (χ4n) is 6.25. The van der Waals surface area contributed by atoms with Crippen LogP contribution in [0.25, 0.3) is 0 Å². The zero-order valence-electron chi connectivity index (χ0n) is 21.5. The normalized spacial score (nSPS) is 24.8. The Morgan fingerprint density at radius 2 is 0.794 bits per heavy atom. The van der Waals surface area contributed by atoms with E-state index in [1.54, 1.807) is 0 Å². The van der Waals surface area contributed by atoms with Gasteiger partial charge in [-0.05, 0) is 74.9 Å². The van der Waals surface area contributed by atoms with Crippen molar-refractivity contribution in [2.75, 3.05) is 0 Å². The SMILES string of the molecule is ClN(C1CCCCC1)C1CCCCC1.ClN(C1CCCCC1)C1CCCCC1.[C-]1=CC=CC1.[Ti]. The van der Waals surface area contributed by atoms with Gasteiger partial charge in [-0.25, -0.2) is 21.0 Å². The van der Waals surface area contributed by atoms with E-state index in [9.17, 15) is 0 Å². The molecular weight excluding hydrogens is 495 g/mol.